The molecule has 1 N–H and O–H groups in total. The van der Waals surface area contributed by atoms with Gasteiger partial charge >= 0.3 is 0 Å². The number of aliphatic hydroxyl groups is 1. The van der Waals surface area contributed by atoms with Crippen LogP contribution in [0.2, 0.25) is 0 Å². The van der Waals surface area contributed by atoms with Crippen LogP contribution in [0.15, 0.2) is 35.4 Å². The predicted octanol–water partition coefficient (Wildman–Crippen LogP) is 1.56. The maximum atomic E-state index is 8.98. The van der Waals surface area contributed by atoms with Gasteiger partial charge in [-0.15, -0.1) is 0 Å². The van der Waals surface area contributed by atoms with Crippen molar-refractivity contribution in [1.82, 2.24) is 9.97 Å². The molecule has 0 aromatic carbocycles. The van der Waals surface area contributed by atoms with Crippen molar-refractivity contribution in [2.24, 2.45) is 0 Å². The maximum absolute atomic E-state index is 8.98. The fraction of sp³-hybridized carbons (Fsp3) is 0.333. The summed E-state index contributed by atoms with van der Waals surface area (Å²) in [4.78, 5) is 10.4. The number of aromatic nitrogens is 2. The van der Waals surface area contributed by atoms with E-state index in [9.17, 15) is 0 Å². The Bertz CT molecular complexity index is 457. The Labute approximate surface area is 99.7 Å². The summed E-state index contributed by atoms with van der Waals surface area (Å²) in [6, 6.07) is 3.75. The van der Waals surface area contributed by atoms with E-state index in [0.29, 0.717) is 6.54 Å². The second-order valence-corrected chi connectivity index (χ2v) is 3.58. The van der Waals surface area contributed by atoms with Gasteiger partial charge in [-0.3, -0.25) is 0 Å². The third-order valence-corrected chi connectivity index (χ3v) is 2.55. The lowest BCUT2D eigenvalue weighted by molar-refractivity contribution is 0.302. The van der Waals surface area contributed by atoms with E-state index in [1.165, 1.54) is 6.33 Å². The molecule has 2 heterocycles. The van der Waals surface area contributed by atoms with Crippen LogP contribution in [0.25, 0.3) is 11.3 Å². The molecule has 0 saturated heterocycles. The van der Waals surface area contributed by atoms with E-state index in [1.54, 1.807) is 12.5 Å². The summed E-state index contributed by atoms with van der Waals surface area (Å²) >= 11 is 0. The summed E-state index contributed by atoms with van der Waals surface area (Å²) in [5.41, 5.74) is 1.74. The Morgan fingerprint density at radius 2 is 2.29 bits per heavy atom. The zero-order valence-electron chi connectivity index (χ0n) is 9.71. The van der Waals surface area contributed by atoms with Gasteiger partial charge < -0.3 is 14.4 Å². The number of nitrogens with zero attached hydrogens (tertiary/aromatic N) is 3. The van der Waals surface area contributed by atoms with Crippen LogP contribution in [0.4, 0.5) is 5.82 Å². The van der Waals surface area contributed by atoms with Crippen molar-refractivity contribution >= 4 is 5.82 Å². The molecule has 0 unspecified atom stereocenters. The van der Waals surface area contributed by atoms with Crippen LogP contribution in [0.1, 0.15) is 6.92 Å². The summed E-state index contributed by atoms with van der Waals surface area (Å²) < 4.78 is 5.03. The number of hydrogen-bond donors (Lipinski definition) is 1. The number of furan rings is 1. The molecule has 0 spiro atoms. The van der Waals surface area contributed by atoms with Gasteiger partial charge in [0, 0.05) is 24.7 Å². The molecule has 0 atom stereocenters. The molecule has 0 bridgehead atoms. The lowest BCUT2D eigenvalue weighted by atomic mass is 10.2. The maximum Gasteiger partial charge on any atom is 0.132 e. The van der Waals surface area contributed by atoms with Crippen LogP contribution in [0, 0.1) is 0 Å². The molecular weight excluding hydrogens is 218 g/mol. The molecule has 0 aliphatic rings. The van der Waals surface area contributed by atoms with Crippen LogP contribution in [-0.2, 0) is 0 Å². The summed E-state index contributed by atoms with van der Waals surface area (Å²) in [5.74, 6) is 0.813. The van der Waals surface area contributed by atoms with Crippen LogP contribution in [-0.4, -0.2) is 34.8 Å². The molecule has 17 heavy (non-hydrogen) atoms. The molecule has 2 rings (SSSR count). The van der Waals surface area contributed by atoms with Gasteiger partial charge in [0.2, 0.25) is 0 Å². The molecule has 0 fully saturated rings. The topological polar surface area (TPSA) is 62.4 Å². The first-order valence-electron chi connectivity index (χ1n) is 5.55. The monoisotopic (exact) mass is 233 g/mol. The molecule has 2 aromatic rings. The third-order valence-electron chi connectivity index (χ3n) is 2.55. The Morgan fingerprint density at radius 1 is 1.41 bits per heavy atom. The molecule has 0 aliphatic carbocycles. The highest BCUT2D eigenvalue weighted by atomic mass is 16.3. The standard InChI is InChI=1S/C12H15N3O2/c1-2-15(4-5-16)12-7-11(13-9-14-12)10-3-6-17-8-10/h3,6-9,16H,2,4-5H2,1H3. The molecule has 5 heteroatoms. The Hall–Kier alpha value is -1.88. The zero-order valence-corrected chi connectivity index (χ0v) is 9.71. The van der Waals surface area contributed by atoms with Gasteiger partial charge in [-0.25, -0.2) is 9.97 Å². The normalized spacial score (nSPS) is 10.5. The fourth-order valence-electron chi connectivity index (χ4n) is 1.64. The lowest BCUT2D eigenvalue weighted by Crippen LogP contribution is -2.27. The molecule has 5 nitrogen and oxygen atoms in total. The summed E-state index contributed by atoms with van der Waals surface area (Å²) in [7, 11) is 0. The minimum Gasteiger partial charge on any atom is -0.472 e. The van der Waals surface area contributed by atoms with Crippen molar-refractivity contribution in [3.63, 3.8) is 0 Å². The van der Waals surface area contributed by atoms with Crippen LogP contribution < -0.4 is 4.90 Å². The average Bonchev–Trinajstić information content (AvgIpc) is 2.90. The van der Waals surface area contributed by atoms with Crippen molar-refractivity contribution in [3.8, 4) is 11.3 Å². The smallest absolute Gasteiger partial charge is 0.132 e. The largest absolute Gasteiger partial charge is 0.472 e. The third kappa shape index (κ3) is 2.62. The van der Waals surface area contributed by atoms with E-state index >= 15 is 0 Å². The van der Waals surface area contributed by atoms with Gasteiger partial charge in [0.15, 0.2) is 0 Å². The van der Waals surface area contributed by atoms with Crippen molar-refractivity contribution < 1.29 is 9.52 Å². The van der Waals surface area contributed by atoms with E-state index < -0.39 is 0 Å². The minimum absolute atomic E-state index is 0.110. The van der Waals surface area contributed by atoms with Crippen LogP contribution in [0.3, 0.4) is 0 Å². The van der Waals surface area contributed by atoms with E-state index in [1.807, 2.05) is 24.0 Å². The highest BCUT2D eigenvalue weighted by Gasteiger charge is 2.08. The van der Waals surface area contributed by atoms with Crippen molar-refractivity contribution in [1.29, 1.82) is 0 Å². The number of likely N-dealkylation sites (N-methyl/N-ethyl adjacent to an activating group) is 1. The van der Waals surface area contributed by atoms with Crippen LogP contribution >= 0.6 is 0 Å². The lowest BCUT2D eigenvalue weighted by Gasteiger charge is -2.20. The summed E-state index contributed by atoms with van der Waals surface area (Å²) in [6.45, 7) is 3.49. The molecule has 0 saturated carbocycles. The first-order valence-corrected chi connectivity index (χ1v) is 5.55. The molecular formula is C12H15N3O2. The zero-order chi connectivity index (χ0) is 12.1. The summed E-state index contributed by atoms with van der Waals surface area (Å²) in [5, 5.41) is 8.98. The van der Waals surface area contributed by atoms with Gasteiger partial charge in [-0.05, 0) is 13.0 Å². The Balaban J connectivity index is 2.27. The van der Waals surface area contributed by atoms with E-state index in [4.69, 9.17) is 9.52 Å². The van der Waals surface area contributed by atoms with Gasteiger partial charge in [0.1, 0.15) is 12.1 Å². The first kappa shape index (κ1) is 11.6. The van der Waals surface area contributed by atoms with Gasteiger partial charge in [0.25, 0.3) is 0 Å². The van der Waals surface area contributed by atoms with E-state index in [-0.39, 0.29) is 6.61 Å². The van der Waals surface area contributed by atoms with Crippen molar-refractivity contribution in [2.45, 2.75) is 6.92 Å². The molecule has 2 aromatic heterocycles. The predicted molar refractivity (Wildman–Crippen MR) is 64.7 cm³/mol. The highest BCUT2D eigenvalue weighted by molar-refractivity contribution is 5.61. The molecule has 0 aliphatic heterocycles. The number of rotatable bonds is 5. The number of hydrogen-bond acceptors (Lipinski definition) is 5. The second kappa shape index (κ2) is 5.45. The summed E-state index contributed by atoms with van der Waals surface area (Å²) in [6.07, 6.45) is 4.79. The van der Waals surface area contributed by atoms with Gasteiger partial charge in [0.05, 0.1) is 24.8 Å². The van der Waals surface area contributed by atoms with Crippen molar-refractivity contribution in [2.75, 3.05) is 24.6 Å². The number of aliphatic hydroxyl groups excluding tert-OH is 1. The highest BCUT2D eigenvalue weighted by Crippen LogP contribution is 2.20. The SMILES string of the molecule is CCN(CCO)c1cc(-c2ccoc2)ncn1. The molecule has 0 radical (unpaired) electrons. The number of anilines is 1. The Morgan fingerprint density at radius 3 is 2.94 bits per heavy atom. The first-order chi connectivity index (χ1) is 8.35. The molecule has 0 amide bonds. The average molecular weight is 233 g/mol. The van der Waals surface area contributed by atoms with Crippen LogP contribution in [0.5, 0.6) is 0 Å². The van der Waals surface area contributed by atoms with Crippen molar-refractivity contribution in [3.05, 3.63) is 31.0 Å². The minimum atomic E-state index is 0.110. The molecule has 90 valence electrons. The van der Waals surface area contributed by atoms with Gasteiger partial charge in [-0.1, -0.05) is 0 Å². The second-order valence-electron chi connectivity index (χ2n) is 3.58. The van der Waals surface area contributed by atoms with Gasteiger partial charge in [-0.2, -0.15) is 0 Å². The fourth-order valence-corrected chi connectivity index (χ4v) is 1.64. The van der Waals surface area contributed by atoms with E-state index in [2.05, 4.69) is 9.97 Å². The quantitative estimate of drug-likeness (QED) is 0.849. The Kier molecular flexibility index (Phi) is 3.72. The van der Waals surface area contributed by atoms with E-state index in [0.717, 1.165) is 23.6 Å².